The van der Waals surface area contributed by atoms with Crippen molar-refractivity contribution in [3.8, 4) is 0 Å². The van der Waals surface area contributed by atoms with Crippen LogP contribution in [-0.2, 0) is 14.8 Å². The fourth-order valence-electron chi connectivity index (χ4n) is 1.19. The number of hydrogen-bond acceptors (Lipinski definition) is 6. The molecule has 0 atom stereocenters. The number of carbonyl (C=O) groups excluding carboxylic acids is 1. The Morgan fingerprint density at radius 2 is 2.06 bits per heavy atom. The van der Waals surface area contributed by atoms with Crippen LogP contribution in [-0.4, -0.2) is 26.4 Å². The fraction of sp³-hybridized carbons (Fsp3) is 0.125. The number of nitrogens with zero attached hydrogens (tertiary/aromatic N) is 1. The second-order valence-electron chi connectivity index (χ2n) is 3.09. The minimum absolute atomic E-state index is 0.107. The zero-order valence-corrected chi connectivity index (χ0v) is 11.3. The van der Waals surface area contributed by atoms with Gasteiger partial charge in [0.2, 0.25) is 10.0 Å². The number of carbonyl (C=O) groups is 1. The van der Waals surface area contributed by atoms with Crippen molar-refractivity contribution in [3.05, 3.63) is 32.3 Å². The highest BCUT2D eigenvalue weighted by Crippen LogP contribution is 2.30. The number of nitrogens with two attached hydrogens (primary N) is 1. The Labute approximate surface area is 110 Å². The molecule has 0 fully saturated rings. The van der Waals surface area contributed by atoms with Crippen molar-refractivity contribution in [2.75, 3.05) is 7.11 Å². The third kappa shape index (κ3) is 2.83. The molecule has 8 nitrogen and oxygen atoms in total. The highest BCUT2D eigenvalue weighted by atomic mass is 79.9. The molecule has 0 aliphatic carbocycles. The zero-order valence-electron chi connectivity index (χ0n) is 8.91. The average molecular weight is 339 g/mol. The van der Waals surface area contributed by atoms with Crippen LogP contribution < -0.4 is 5.14 Å². The molecule has 0 aliphatic rings. The maximum Gasteiger partial charge on any atom is 0.344 e. The van der Waals surface area contributed by atoms with Gasteiger partial charge in [-0.15, -0.1) is 0 Å². The molecule has 2 N–H and O–H groups in total. The molecule has 0 unspecified atom stereocenters. The fourth-order valence-corrected chi connectivity index (χ4v) is 2.81. The lowest BCUT2D eigenvalue weighted by molar-refractivity contribution is -0.385. The number of primary sulfonamides is 1. The van der Waals surface area contributed by atoms with E-state index >= 15 is 0 Å². The number of methoxy groups -OCH3 is 1. The normalized spacial score (nSPS) is 11.1. The molecule has 1 aromatic rings. The molecule has 0 spiro atoms. The number of halogens is 1. The molecule has 0 heterocycles. The lowest BCUT2D eigenvalue weighted by atomic mass is 10.2. The Balaban J connectivity index is 3.66. The maximum atomic E-state index is 11.4. The van der Waals surface area contributed by atoms with E-state index in [0.717, 1.165) is 19.2 Å². The monoisotopic (exact) mass is 338 g/mol. The first-order valence-electron chi connectivity index (χ1n) is 4.27. The van der Waals surface area contributed by atoms with E-state index in [-0.39, 0.29) is 4.47 Å². The predicted octanol–water partition coefficient (Wildman–Crippen LogP) is 0.791. The standard InChI is InChI=1S/C8H7BrN2O6S/c1-17-8(12)4-2-7(18(10,15)16)5(9)3-6(4)11(13)14/h2-3H,1H3,(H2,10,15,16). The van der Waals surface area contributed by atoms with E-state index < -0.39 is 37.1 Å². The second kappa shape index (κ2) is 5.00. The van der Waals surface area contributed by atoms with Gasteiger partial charge < -0.3 is 4.74 Å². The number of benzene rings is 1. The highest BCUT2D eigenvalue weighted by Gasteiger charge is 2.26. The van der Waals surface area contributed by atoms with Gasteiger partial charge >= 0.3 is 5.97 Å². The molecule has 1 rings (SSSR count). The van der Waals surface area contributed by atoms with Crippen LogP contribution in [0, 0.1) is 10.1 Å². The summed E-state index contributed by atoms with van der Waals surface area (Å²) in [5.41, 5.74) is -1.07. The molecule has 10 heteroatoms. The summed E-state index contributed by atoms with van der Waals surface area (Å²) in [4.78, 5) is 20.8. The van der Waals surface area contributed by atoms with Crippen molar-refractivity contribution in [1.29, 1.82) is 0 Å². The Hall–Kier alpha value is -1.52. The largest absolute Gasteiger partial charge is 0.465 e. The van der Waals surface area contributed by atoms with Crippen LogP contribution in [0.1, 0.15) is 10.4 Å². The van der Waals surface area contributed by atoms with Crippen molar-refractivity contribution in [3.63, 3.8) is 0 Å². The van der Waals surface area contributed by atoms with Crippen LogP contribution in [0.5, 0.6) is 0 Å². The van der Waals surface area contributed by atoms with Crippen LogP contribution >= 0.6 is 15.9 Å². The number of ether oxygens (including phenoxy) is 1. The SMILES string of the molecule is COC(=O)c1cc(S(N)(=O)=O)c(Br)cc1[N+](=O)[O-]. The van der Waals surface area contributed by atoms with Crippen molar-refractivity contribution >= 4 is 37.6 Å². The summed E-state index contributed by atoms with van der Waals surface area (Å²) in [6.07, 6.45) is 0. The first-order chi connectivity index (χ1) is 8.18. The van der Waals surface area contributed by atoms with Crippen LogP contribution in [0.4, 0.5) is 5.69 Å². The van der Waals surface area contributed by atoms with Crippen molar-refractivity contribution < 1.29 is 22.9 Å². The average Bonchev–Trinajstić information content (AvgIpc) is 2.25. The summed E-state index contributed by atoms with van der Waals surface area (Å²) in [6, 6.07) is 1.68. The van der Waals surface area contributed by atoms with E-state index in [4.69, 9.17) is 5.14 Å². The first kappa shape index (κ1) is 14.5. The van der Waals surface area contributed by atoms with Crippen LogP contribution in [0.3, 0.4) is 0 Å². The smallest absolute Gasteiger partial charge is 0.344 e. The first-order valence-corrected chi connectivity index (χ1v) is 6.61. The molecule has 18 heavy (non-hydrogen) atoms. The van der Waals surface area contributed by atoms with Gasteiger partial charge in [0.25, 0.3) is 5.69 Å². The van der Waals surface area contributed by atoms with Crippen molar-refractivity contribution in [2.45, 2.75) is 4.90 Å². The van der Waals surface area contributed by atoms with Gasteiger partial charge in [-0.3, -0.25) is 10.1 Å². The van der Waals surface area contributed by atoms with Crippen molar-refractivity contribution in [1.82, 2.24) is 0 Å². The van der Waals surface area contributed by atoms with E-state index in [2.05, 4.69) is 20.7 Å². The van der Waals surface area contributed by atoms with Crippen LogP contribution in [0.25, 0.3) is 0 Å². The molecule has 0 amide bonds. The number of sulfonamides is 1. The second-order valence-corrected chi connectivity index (χ2v) is 5.48. The number of rotatable bonds is 3. The topological polar surface area (TPSA) is 130 Å². The predicted molar refractivity (Wildman–Crippen MR) is 63.5 cm³/mol. The Kier molecular flexibility index (Phi) is 4.04. The molecule has 0 saturated carbocycles. The number of hydrogen-bond donors (Lipinski definition) is 1. The number of nitro groups is 1. The number of nitro benzene ring substituents is 1. The summed E-state index contributed by atoms with van der Waals surface area (Å²) < 4.78 is 26.7. The summed E-state index contributed by atoms with van der Waals surface area (Å²) >= 11 is 2.84. The van der Waals surface area contributed by atoms with Gasteiger partial charge in [-0.2, -0.15) is 0 Å². The van der Waals surface area contributed by atoms with Gasteiger partial charge in [-0.05, 0) is 22.0 Å². The van der Waals surface area contributed by atoms with Gasteiger partial charge in [-0.25, -0.2) is 18.4 Å². The molecule has 0 bridgehead atoms. The summed E-state index contributed by atoms with van der Waals surface area (Å²) in [7, 11) is -3.10. The molecule has 0 saturated heterocycles. The molecule has 0 radical (unpaired) electrons. The van der Waals surface area contributed by atoms with E-state index in [1.807, 2.05) is 0 Å². The minimum atomic E-state index is -4.12. The lowest BCUT2D eigenvalue weighted by Crippen LogP contribution is -2.15. The van der Waals surface area contributed by atoms with E-state index in [9.17, 15) is 23.3 Å². The third-order valence-electron chi connectivity index (χ3n) is 1.96. The van der Waals surface area contributed by atoms with E-state index in [1.54, 1.807) is 0 Å². The zero-order chi connectivity index (χ0) is 14.1. The summed E-state index contributed by atoms with van der Waals surface area (Å²) in [5.74, 6) is -1.03. The van der Waals surface area contributed by atoms with Crippen LogP contribution in [0.2, 0.25) is 0 Å². The van der Waals surface area contributed by atoms with Gasteiger partial charge in [0.15, 0.2) is 0 Å². The molecule has 98 valence electrons. The van der Waals surface area contributed by atoms with E-state index in [0.29, 0.717) is 0 Å². The Morgan fingerprint density at radius 3 is 2.44 bits per heavy atom. The van der Waals surface area contributed by atoms with E-state index in [1.165, 1.54) is 0 Å². The molecule has 0 aromatic heterocycles. The lowest BCUT2D eigenvalue weighted by Gasteiger charge is -2.06. The van der Waals surface area contributed by atoms with Gasteiger partial charge in [0.05, 0.1) is 16.9 Å². The minimum Gasteiger partial charge on any atom is -0.465 e. The molecular weight excluding hydrogens is 332 g/mol. The van der Waals surface area contributed by atoms with Crippen molar-refractivity contribution in [2.24, 2.45) is 5.14 Å². The third-order valence-corrected chi connectivity index (χ3v) is 3.83. The van der Waals surface area contributed by atoms with Gasteiger partial charge in [0.1, 0.15) is 5.56 Å². The molecular formula is C8H7BrN2O6S. The molecule has 1 aromatic carbocycles. The molecule has 0 aliphatic heterocycles. The van der Waals surface area contributed by atoms with Gasteiger partial charge in [0, 0.05) is 10.5 Å². The Bertz CT molecular complexity index is 627. The Morgan fingerprint density at radius 1 is 1.50 bits per heavy atom. The van der Waals surface area contributed by atoms with Crippen LogP contribution in [0.15, 0.2) is 21.5 Å². The maximum absolute atomic E-state index is 11.4. The quantitative estimate of drug-likeness (QED) is 0.492. The highest BCUT2D eigenvalue weighted by molar-refractivity contribution is 9.10. The number of esters is 1. The summed E-state index contributed by atoms with van der Waals surface area (Å²) in [5, 5.41) is 15.7. The van der Waals surface area contributed by atoms with Gasteiger partial charge in [-0.1, -0.05) is 0 Å². The summed E-state index contributed by atoms with van der Waals surface area (Å²) in [6.45, 7) is 0.